The summed E-state index contributed by atoms with van der Waals surface area (Å²) in [6, 6.07) is 52.0. The summed E-state index contributed by atoms with van der Waals surface area (Å²) >= 11 is 1.90. The molecule has 1 aromatic heterocycles. The fourth-order valence-electron chi connectivity index (χ4n) is 9.01. The van der Waals surface area contributed by atoms with E-state index in [0.29, 0.717) is 0 Å². The highest BCUT2D eigenvalue weighted by molar-refractivity contribution is 7.26. The van der Waals surface area contributed by atoms with E-state index in [1.54, 1.807) is 6.08 Å². The normalized spacial score (nSPS) is 13.4. The van der Waals surface area contributed by atoms with Crippen LogP contribution in [-0.2, 0) is 5.41 Å². The lowest BCUT2D eigenvalue weighted by atomic mass is 9.79. The lowest BCUT2D eigenvalue weighted by molar-refractivity contribution is 0.667. The maximum Gasteiger partial charge on any atom is 0.0361 e. The van der Waals surface area contributed by atoms with Gasteiger partial charge in [-0.2, -0.15) is 0 Å². The lowest BCUT2D eigenvalue weighted by Crippen LogP contribution is -2.15. The first-order valence-corrected chi connectivity index (χ1v) is 18.8. The van der Waals surface area contributed by atoms with Crippen LogP contribution >= 0.6 is 11.3 Å². The van der Waals surface area contributed by atoms with E-state index in [4.69, 9.17) is 0 Å². The molecule has 0 radical (unpaired) electrons. The zero-order valence-corrected chi connectivity index (χ0v) is 30.2. The molecule has 0 fully saturated rings. The molecule has 0 aliphatic heterocycles. The highest BCUT2D eigenvalue weighted by Gasteiger charge is 2.37. The summed E-state index contributed by atoms with van der Waals surface area (Å²) in [5.41, 5.74) is 12.5. The summed E-state index contributed by atoms with van der Waals surface area (Å²) in [4.78, 5) is 0. The van der Waals surface area contributed by atoms with Gasteiger partial charge in [-0.05, 0) is 106 Å². The van der Waals surface area contributed by atoms with Crippen LogP contribution in [0.1, 0.15) is 30.5 Å². The summed E-state index contributed by atoms with van der Waals surface area (Å²) in [5, 5.41) is 10.4. The Hall–Kier alpha value is -6.02. The quantitative estimate of drug-likeness (QED) is 0.125. The van der Waals surface area contributed by atoms with Gasteiger partial charge in [0.25, 0.3) is 0 Å². The van der Waals surface area contributed by atoms with E-state index >= 15 is 0 Å². The third-order valence-electron chi connectivity index (χ3n) is 11.3. The van der Waals surface area contributed by atoms with Gasteiger partial charge < -0.3 is 0 Å². The van der Waals surface area contributed by atoms with Crippen molar-refractivity contribution in [2.24, 2.45) is 0 Å². The third kappa shape index (κ3) is 4.39. The van der Waals surface area contributed by atoms with Crippen LogP contribution in [0.2, 0.25) is 0 Å². The van der Waals surface area contributed by atoms with E-state index in [0.717, 1.165) is 5.57 Å². The molecule has 0 saturated carbocycles. The van der Waals surface area contributed by atoms with Crippen molar-refractivity contribution in [3.8, 4) is 33.4 Å². The van der Waals surface area contributed by atoms with Crippen LogP contribution in [0.3, 0.4) is 0 Å². The van der Waals surface area contributed by atoms with Gasteiger partial charge in [-0.15, -0.1) is 11.3 Å². The molecule has 0 amide bonds. The molecule has 0 unspecified atom stereocenters. The molecule has 0 bridgehead atoms. The number of allylic oxidation sites excluding steroid dienone is 4. The van der Waals surface area contributed by atoms with Gasteiger partial charge >= 0.3 is 0 Å². The van der Waals surface area contributed by atoms with Gasteiger partial charge in [0, 0.05) is 25.6 Å². The van der Waals surface area contributed by atoms with E-state index in [9.17, 15) is 0 Å². The van der Waals surface area contributed by atoms with Crippen molar-refractivity contribution in [3.05, 3.63) is 188 Å². The number of hydrogen-bond acceptors (Lipinski definition) is 1. The lowest BCUT2D eigenvalue weighted by Gasteiger charge is -2.24. The van der Waals surface area contributed by atoms with Crippen molar-refractivity contribution in [1.29, 1.82) is 0 Å². The molecule has 0 N–H and O–H groups in total. The Bertz CT molecular complexity index is 2940. The SMILES string of the molecule is C=C/C=C\C(=C)c1c2ccccc2c(-c2ccc(-c3ccc4c(c3)-c3ccc5ccc6sc7ccccc7c6c5c3C4(C)C)cc2)c2ccccc12. The minimum absolute atomic E-state index is 0.120. The maximum absolute atomic E-state index is 4.46. The Labute approximate surface area is 308 Å². The van der Waals surface area contributed by atoms with E-state index in [1.165, 1.54) is 103 Å². The smallest absolute Gasteiger partial charge is 0.0361 e. The van der Waals surface area contributed by atoms with Gasteiger partial charge in [0.05, 0.1) is 0 Å². The highest BCUT2D eigenvalue weighted by atomic mass is 32.1. The number of hydrogen-bond donors (Lipinski definition) is 0. The molecule has 0 atom stereocenters. The molecule has 0 saturated heterocycles. The van der Waals surface area contributed by atoms with Gasteiger partial charge in [0.15, 0.2) is 0 Å². The van der Waals surface area contributed by atoms with E-state index < -0.39 is 0 Å². The molecule has 1 aliphatic rings. The molecule has 8 aromatic carbocycles. The van der Waals surface area contributed by atoms with Crippen LogP contribution < -0.4 is 0 Å². The van der Waals surface area contributed by atoms with Crippen LogP contribution in [0.25, 0.3) is 91.4 Å². The van der Waals surface area contributed by atoms with Crippen molar-refractivity contribution < 1.29 is 0 Å². The van der Waals surface area contributed by atoms with Crippen molar-refractivity contribution >= 4 is 69.4 Å². The van der Waals surface area contributed by atoms with Gasteiger partial charge in [-0.1, -0.05) is 167 Å². The Morgan fingerprint density at radius 2 is 1.19 bits per heavy atom. The number of fused-ring (bicyclic) bond motifs is 11. The predicted molar refractivity (Wildman–Crippen MR) is 229 cm³/mol. The molecular weight excluding hydrogens is 645 g/mol. The number of rotatable bonds is 5. The Morgan fingerprint density at radius 1 is 0.577 bits per heavy atom. The Balaban J connectivity index is 1.11. The van der Waals surface area contributed by atoms with E-state index in [-0.39, 0.29) is 5.41 Å². The average Bonchev–Trinajstić information content (AvgIpc) is 3.68. The molecule has 1 aliphatic carbocycles. The van der Waals surface area contributed by atoms with Crippen LogP contribution in [0.5, 0.6) is 0 Å². The molecule has 0 nitrogen and oxygen atoms in total. The predicted octanol–water partition coefficient (Wildman–Crippen LogP) is 14.9. The fraction of sp³-hybridized carbons (Fsp3) is 0.0588. The van der Waals surface area contributed by atoms with Gasteiger partial charge in [-0.3, -0.25) is 0 Å². The fourth-order valence-corrected chi connectivity index (χ4v) is 10.1. The first-order valence-electron chi connectivity index (χ1n) is 18.0. The van der Waals surface area contributed by atoms with Crippen molar-refractivity contribution in [2.45, 2.75) is 19.3 Å². The first-order chi connectivity index (χ1) is 25.4. The van der Waals surface area contributed by atoms with Crippen LogP contribution in [0, 0.1) is 0 Å². The monoisotopic (exact) mass is 680 g/mol. The summed E-state index contributed by atoms with van der Waals surface area (Å²) in [6.45, 7) is 13.1. The van der Waals surface area contributed by atoms with Crippen LogP contribution in [-0.4, -0.2) is 0 Å². The maximum atomic E-state index is 4.46. The summed E-state index contributed by atoms with van der Waals surface area (Å²) in [6.07, 6.45) is 5.82. The second-order valence-corrected chi connectivity index (χ2v) is 15.6. The number of thiophene rings is 1. The molecule has 10 rings (SSSR count). The summed E-state index contributed by atoms with van der Waals surface area (Å²) in [7, 11) is 0. The highest BCUT2D eigenvalue weighted by Crippen LogP contribution is 2.54. The summed E-state index contributed by atoms with van der Waals surface area (Å²) < 4.78 is 2.71. The van der Waals surface area contributed by atoms with Crippen LogP contribution in [0.4, 0.5) is 0 Å². The van der Waals surface area contributed by atoms with E-state index in [2.05, 4.69) is 173 Å². The standard InChI is InChI=1S/C51H36S/c1-5-6-13-31(2)46-36-14-7-9-16-38(36)47(39-17-10-8-15-37(39)46)33-22-20-32(21-23-33)35-25-28-43-42(30-35)40-27-24-34-26-29-45-49(48(34)50(40)51(43,3)4)41-18-11-12-19-44(41)52-45/h5-30H,1-2H2,3-4H3/b13-6-. The average molecular weight is 681 g/mol. The zero-order valence-electron chi connectivity index (χ0n) is 29.3. The minimum atomic E-state index is -0.120. The van der Waals surface area contributed by atoms with E-state index in [1.807, 2.05) is 17.4 Å². The van der Waals surface area contributed by atoms with Crippen molar-refractivity contribution in [3.63, 3.8) is 0 Å². The van der Waals surface area contributed by atoms with Crippen molar-refractivity contribution in [2.75, 3.05) is 0 Å². The summed E-state index contributed by atoms with van der Waals surface area (Å²) in [5.74, 6) is 0. The molecule has 1 heteroatoms. The molecule has 52 heavy (non-hydrogen) atoms. The molecule has 246 valence electrons. The topological polar surface area (TPSA) is 0 Å². The van der Waals surface area contributed by atoms with Gasteiger partial charge in [-0.25, -0.2) is 0 Å². The first kappa shape index (κ1) is 30.8. The molecule has 9 aromatic rings. The second-order valence-electron chi connectivity index (χ2n) is 14.5. The number of benzene rings is 8. The van der Waals surface area contributed by atoms with Gasteiger partial charge in [0.1, 0.15) is 0 Å². The third-order valence-corrected chi connectivity index (χ3v) is 12.5. The van der Waals surface area contributed by atoms with Gasteiger partial charge in [0.2, 0.25) is 0 Å². The molecular formula is C51H36S. The van der Waals surface area contributed by atoms with Crippen LogP contribution in [0.15, 0.2) is 171 Å². The van der Waals surface area contributed by atoms with Crippen molar-refractivity contribution in [1.82, 2.24) is 0 Å². The zero-order chi connectivity index (χ0) is 35.1. The second kappa shape index (κ2) is 11.5. The Kier molecular flexibility index (Phi) is 6.81. The molecule has 1 heterocycles. The molecule has 0 spiro atoms. The Morgan fingerprint density at radius 3 is 1.90 bits per heavy atom. The largest absolute Gasteiger partial charge is 0.135 e. The minimum Gasteiger partial charge on any atom is -0.135 e.